The van der Waals surface area contributed by atoms with Crippen LogP contribution in [0.4, 0.5) is 0 Å². The molecule has 3 aromatic rings. The monoisotopic (exact) mass is 366 g/mol. The van der Waals surface area contributed by atoms with Crippen LogP contribution in [0.1, 0.15) is 0 Å². The Labute approximate surface area is 156 Å². The summed E-state index contributed by atoms with van der Waals surface area (Å²) < 4.78 is 27.1. The standard InChI is InChI=1S/C21H18O6/c1-5-8-26-13-6-7-14-18(9-13)27-12-16(21(14)22)15-10-19(24-3)20(25-4)11-17(15)23-2/h1,6-7,9-12H,8H2,2-4H3. The number of hydrogen-bond donors (Lipinski definition) is 0. The number of rotatable bonds is 6. The summed E-state index contributed by atoms with van der Waals surface area (Å²) in [5.41, 5.74) is 1.08. The molecule has 6 nitrogen and oxygen atoms in total. The first-order valence-electron chi connectivity index (χ1n) is 8.05. The van der Waals surface area contributed by atoms with Gasteiger partial charge >= 0.3 is 0 Å². The van der Waals surface area contributed by atoms with Crippen molar-refractivity contribution in [2.24, 2.45) is 0 Å². The summed E-state index contributed by atoms with van der Waals surface area (Å²) in [6.45, 7) is 0.136. The van der Waals surface area contributed by atoms with Gasteiger partial charge in [-0.25, -0.2) is 0 Å². The zero-order valence-electron chi connectivity index (χ0n) is 15.2. The number of ether oxygens (including phenoxy) is 4. The summed E-state index contributed by atoms with van der Waals surface area (Å²) in [4.78, 5) is 13.0. The lowest BCUT2D eigenvalue weighted by Crippen LogP contribution is -2.06. The first kappa shape index (κ1) is 18.2. The molecule has 0 saturated heterocycles. The fourth-order valence-corrected chi connectivity index (χ4v) is 2.75. The molecule has 0 fully saturated rings. The van der Waals surface area contributed by atoms with E-state index in [-0.39, 0.29) is 12.0 Å². The molecule has 1 aromatic heterocycles. The minimum absolute atomic E-state index is 0.136. The van der Waals surface area contributed by atoms with E-state index in [1.807, 2.05) is 0 Å². The van der Waals surface area contributed by atoms with Crippen molar-refractivity contribution in [1.82, 2.24) is 0 Å². The van der Waals surface area contributed by atoms with Crippen LogP contribution < -0.4 is 24.4 Å². The molecule has 1 heterocycles. The van der Waals surface area contributed by atoms with Crippen LogP contribution in [0, 0.1) is 12.3 Å². The van der Waals surface area contributed by atoms with Crippen LogP contribution >= 0.6 is 0 Å². The van der Waals surface area contributed by atoms with Gasteiger partial charge in [0, 0.05) is 17.7 Å². The topological polar surface area (TPSA) is 67.1 Å². The molecule has 0 radical (unpaired) electrons. The lowest BCUT2D eigenvalue weighted by atomic mass is 10.0. The van der Waals surface area contributed by atoms with Gasteiger partial charge in [0.15, 0.2) is 11.5 Å². The van der Waals surface area contributed by atoms with Crippen molar-refractivity contribution in [2.45, 2.75) is 0 Å². The van der Waals surface area contributed by atoms with Crippen molar-refractivity contribution in [3.63, 3.8) is 0 Å². The fourth-order valence-electron chi connectivity index (χ4n) is 2.75. The van der Waals surface area contributed by atoms with E-state index in [1.165, 1.54) is 27.6 Å². The summed E-state index contributed by atoms with van der Waals surface area (Å²) in [6, 6.07) is 8.29. The summed E-state index contributed by atoms with van der Waals surface area (Å²) in [6.07, 6.45) is 6.58. The Kier molecular flexibility index (Phi) is 5.23. The number of hydrogen-bond acceptors (Lipinski definition) is 6. The maximum absolute atomic E-state index is 13.0. The molecule has 0 saturated carbocycles. The average molecular weight is 366 g/mol. The van der Waals surface area contributed by atoms with Gasteiger partial charge in [0.2, 0.25) is 5.43 Å². The Morgan fingerprint density at radius 2 is 1.67 bits per heavy atom. The molecule has 6 heteroatoms. The second-order valence-electron chi connectivity index (χ2n) is 5.54. The Balaban J connectivity index is 2.16. The van der Waals surface area contributed by atoms with E-state index in [2.05, 4.69) is 5.92 Å². The highest BCUT2D eigenvalue weighted by molar-refractivity contribution is 5.84. The quantitative estimate of drug-likeness (QED) is 0.622. The molecule has 3 rings (SSSR count). The van der Waals surface area contributed by atoms with E-state index in [4.69, 9.17) is 29.8 Å². The molecular formula is C21H18O6. The molecule has 0 amide bonds. The number of benzene rings is 2. The van der Waals surface area contributed by atoms with Crippen molar-refractivity contribution in [1.29, 1.82) is 0 Å². The number of fused-ring (bicyclic) bond motifs is 1. The maximum atomic E-state index is 13.0. The van der Waals surface area contributed by atoms with Gasteiger partial charge in [0.25, 0.3) is 0 Å². The summed E-state index contributed by atoms with van der Waals surface area (Å²) >= 11 is 0. The van der Waals surface area contributed by atoms with Crippen molar-refractivity contribution in [2.75, 3.05) is 27.9 Å². The second kappa shape index (κ2) is 7.75. The predicted octanol–water partition coefficient (Wildman–Crippen LogP) is 3.50. The van der Waals surface area contributed by atoms with Gasteiger partial charge in [0.05, 0.1) is 32.3 Å². The van der Waals surface area contributed by atoms with E-state index >= 15 is 0 Å². The molecule has 27 heavy (non-hydrogen) atoms. The van der Waals surface area contributed by atoms with Crippen LogP contribution in [-0.2, 0) is 0 Å². The van der Waals surface area contributed by atoms with Crippen LogP contribution in [0.2, 0.25) is 0 Å². The van der Waals surface area contributed by atoms with Gasteiger partial charge < -0.3 is 23.4 Å². The molecule has 0 aliphatic rings. The zero-order valence-corrected chi connectivity index (χ0v) is 15.2. The molecule has 0 spiro atoms. The molecular weight excluding hydrogens is 348 g/mol. The van der Waals surface area contributed by atoms with Crippen molar-refractivity contribution in [3.8, 4) is 46.5 Å². The fraction of sp³-hybridized carbons (Fsp3) is 0.190. The SMILES string of the molecule is C#CCOc1ccc2c(=O)c(-c3cc(OC)c(OC)cc3OC)coc2c1. The van der Waals surface area contributed by atoms with Gasteiger partial charge in [-0.3, -0.25) is 4.79 Å². The Bertz CT molecular complexity index is 1070. The molecule has 0 unspecified atom stereocenters. The van der Waals surface area contributed by atoms with E-state index < -0.39 is 0 Å². The molecule has 0 aliphatic heterocycles. The number of terminal acetylenes is 1. The van der Waals surface area contributed by atoms with Gasteiger partial charge in [0.1, 0.15) is 30.0 Å². The van der Waals surface area contributed by atoms with Gasteiger partial charge in [-0.2, -0.15) is 0 Å². The van der Waals surface area contributed by atoms with Gasteiger partial charge in [-0.1, -0.05) is 5.92 Å². The van der Waals surface area contributed by atoms with Crippen molar-refractivity contribution < 1.29 is 23.4 Å². The van der Waals surface area contributed by atoms with Crippen LogP contribution in [0.5, 0.6) is 23.0 Å². The third-order valence-corrected chi connectivity index (χ3v) is 4.06. The molecule has 0 bridgehead atoms. The van der Waals surface area contributed by atoms with Crippen molar-refractivity contribution >= 4 is 11.0 Å². The lowest BCUT2D eigenvalue weighted by Gasteiger charge is -2.14. The predicted molar refractivity (Wildman–Crippen MR) is 102 cm³/mol. The van der Waals surface area contributed by atoms with Crippen LogP contribution in [0.25, 0.3) is 22.1 Å². The van der Waals surface area contributed by atoms with Crippen LogP contribution in [0.3, 0.4) is 0 Å². The lowest BCUT2D eigenvalue weighted by molar-refractivity contribution is 0.349. The Morgan fingerprint density at radius 3 is 2.33 bits per heavy atom. The van der Waals surface area contributed by atoms with E-state index in [1.54, 1.807) is 30.3 Å². The molecule has 2 aromatic carbocycles. The minimum Gasteiger partial charge on any atom is -0.496 e. The third kappa shape index (κ3) is 3.40. The molecule has 138 valence electrons. The van der Waals surface area contributed by atoms with Gasteiger partial charge in [-0.15, -0.1) is 6.42 Å². The minimum atomic E-state index is -0.203. The van der Waals surface area contributed by atoms with Crippen LogP contribution in [-0.4, -0.2) is 27.9 Å². The second-order valence-corrected chi connectivity index (χ2v) is 5.54. The first-order valence-corrected chi connectivity index (χ1v) is 8.05. The Morgan fingerprint density at radius 1 is 0.963 bits per heavy atom. The van der Waals surface area contributed by atoms with E-state index in [0.717, 1.165) is 0 Å². The normalized spacial score (nSPS) is 10.3. The number of methoxy groups -OCH3 is 3. The summed E-state index contributed by atoms with van der Waals surface area (Å²) in [7, 11) is 4.57. The third-order valence-electron chi connectivity index (χ3n) is 4.06. The first-order chi connectivity index (χ1) is 13.1. The highest BCUT2D eigenvalue weighted by Gasteiger charge is 2.18. The van der Waals surface area contributed by atoms with Crippen LogP contribution in [0.15, 0.2) is 45.8 Å². The highest BCUT2D eigenvalue weighted by atomic mass is 16.5. The Hall–Kier alpha value is -3.59. The zero-order chi connectivity index (χ0) is 19.4. The van der Waals surface area contributed by atoms with Crippen molar-refractivity contribution in [3.05, 3.63) is 46.8 Å². The average Bonchev–Trinajstić information content (AvgIpc) is 2.71. The van der Waals surface area contributed by atoms with E-state index in [0.29, 0.717) is 45.1 Å². The highest BCUT2D eigenvalue weighted by Crippen LogP contribution is 2.39. The smallest absolute Gasteiger partial charge is 0.200 e. The molecule has 0 N–H and O–H groups in total. The summed E-state index contributed by atoms with van der Waals surface area (Å²) in [5, 5.41) is 0.414. The van der Waals surface area contributed by atoms with E-state index in [9.17, 15) is 4.79 Å². The molecule has 0 atom stereocenters. The largest absolute Gasteiger partial charge is 0.496 e. The summed E-state index contributed by atoms with van der Waals surface area (Å²) in [5.74, 6) is 4.36. The molecule has 0 aliphatic carbocycles. The maximum Gasteiger partial charge on any atom is 0.200 e. The van der Waals surface area contributed by atoms with Gasteiger partial charge in [-0.05, 0) is 18.2 Å².